The van der Waals surface area contributed by atoms with E-state index in [0.717, 1.165) is 53.0 Å². The third kappa shape index (κ3) is 2.51. The molecule has 0 atom stereocenters. The first-order valence-electron chi connectivity index (χ1n) is 8.17. The summed E-state index contributed by atoms with van der Waals surface area (Å²) < 4.78 is 25.0. The SMILES string of the molecule is NCCCCc1c(-c2ccc3c(c2)OCO3)[nH]c2c(F)cccc12. The predicted octanol–water partition coefficient (Wildman–Crippen LogP) is 3.98. The average Bonchev–Trinajstić information content (AvgIpc) is 3.20. The minimum Gasteiger partial charge on any atom is -0.454 e. The number of ether oxygens (including phenoxy) is 2. The van der Waals surface area contributed by atoms with Crippen LogP contribution in [0.25, 0.3) is 22.2 Å². The van der Waals surface area contributed by atoms with Crippen LogP contribution < -0.4 is 15.2 Å². The average molecular weight is 326 g/mol. The maximum atomic E-state index is 14.2. The first-order valence-corrected chi connectivity index (χ1v) is 8.17. The van der Waals surface area contributed by atoms with Gasteiger partial charge in [-0.3, -0.25) is 0 Å². The second kappa shape index (κ2) is 6.17. The lowest BCUT2D eigenvalue weighted by molar-refractivity contribution is 0.174. The van der Waals surface area contributed by atoms with Crippen LogP contribution in [0.5, 0.6) is 11.5 Å². The third-order valence-corrected chi connectivity index (χ3v) is 4.43. The van der Waals surface area contributed by atoms with Crippen LogP contribution in [0.1, 0.15) is 18.4 Å². The molecule has 0 saturated heterocycles. The van der Waals surface area contributed by atoms with Gasteiger partial charge in [-0.25, -0.2) is 4.39 Å². The first-order chi connectivity index (χ1) is 11.8. The fourth-order valence-corrected chi connectivity index (χ4v) is 3.24. The van der Waals surface area contributed by atoms with Gasteiger partial charge in [0.15, 0.2) is 11.5 Å². The highest BCUT2D eigenvalue weighted by atomic mass is 19.1. The Balaban J connectivity index is 1.84. The number of aromatic amines is 1. The lowest BCUT2D eigenvalue weighted by atomic mass is 10.00. The Morgan fingerprint density at radius 2 is 1.96 bits per heavy atom. The van der Waals surface area contributed by atoms with Crippen LogP contribution >= 0.6 is 0 Å². The van der Waals surface area contributed by atoms with E-state index in [-0.39, 0.29) is 12.6 Å². The van der Waals surface area contributed by atoms with E-state index in [1.54, 1.807) is 6.07 Å². The Labute approximate surface area is 139 Å². The largest absolute Gasteiger partial charge is 0.454 e. The molecule has 1 aliphatic rings. The summed E-state index contributed by atoms with van der Waals surface area (Å²) in [7, 11) is 0. The van der Waals surface area contributed by atoms with Crippen molar-refractivity contribution in [1.29, 1.82) is 0 Å². The van der Waals surface area contributed by atoms with Crippen molar-refractivity contribution < 1.29 is 13.9 Å². The third-order valence-electron chi connectivity index (χ3n) is 4.43. The molecule has 1 aliphatic heterocycles. The first kappa shape index (κ1) is 15.0. The molecule has 0 bridgehead atoms. The zero-order chi connectivity index (χ0) is 16.5. The summed E-state index contributed by atoms with van der Waals surface area (Å²) in [6.45, 7) is 0.902. The fourth-order valence-electron chi connectivity index (χ4n) is 3.24. The van der Waals surface area contributed by atoms with E-state index in [1.807, 2.05) is 24.3 Å². The molecule has 0 fully saturated rings. The molecule has 2 heterocycles. The number of aromatic nitrogens is 1. The predicted molar refractivity (Wildman–Crippen MR) is 91.8 cm³/mol. The van der Waals surface area contributed by atoms with Gasteiger partial charge in [0.05, 0.1) is 5.52 Å². The molecule has 124 valence electrons. The molecule has 4 nitrogen and oxygen atoms in total. The molecular weight excluding hydrogens is 307 g/mol. The van der Waals surface area contributed by atoms with Crippen molar-refractivity contribution in [3.8, 4) is 22.8 Å². The molecule has 0 radical (unpaired) electrons. The summed E-state index contributed by atoms with van der Waals surface area (Å²) in [5.41, 5.74) is 9.19. The molecule has 5 heteroatoms. The number of hydrogen-bond donors (Lipinski definition) is 2. The van der Waals surface area contributed by atoms with Crippen molar-refractivity contribution in [2.24, 2.45) is 5.73 Å². The van der Waals surface area contributed by atoms with Crippen molar-refractivity contribution in [3.05, 3.63) is 47.8 Å². The summed E-state index contributed by atoms with van der Waals surface area (Å²) in [4.78, 5) is 3.26. The standard InChI is InChI=1S/C19H19FN2O2/c20-15-6-3-5-14-13(4-1-2-9-21)18(22-19(14)15)12-7-8-16-17(10-12)24-11-23-16/h3,5-8,10,22H,1-2,4,9,11,21H2. The number of halogens is 1. The van der Waals surface area contributed by atoms with E-state index in [2.05, 4.69) is 4.98 Å². The van der Waals surface area contributed by atoms with Crippen molar-refractivity contribution in [2.75, 3.05) is 13.3 Å². The molecule has 3 aromatic rings. The van der Waals surface area contributed by atoms with Crippen LogP contribution in [0.2, 0.25) is 0 Å². The van der Waals surface area contributed by atoms with Gasteiger partial charge in [-0.2, -0.15) is 0 Å². The van der Waals surface area contributed by atoms with E-state index in [1.165, 1.54) is 6.07 Å². The van der Waals surface area contributed by atoms with E-state index >= 15 is 0 Å². The Morgan fingerprint density at radius 1 is 1.08 bits per heavy atom. The Bertz CT molecular complexity index is 888. The highest BCUT2D eigenvalue weighted by Crippen LogP contribution is 2.39. The molecule has 4 rings (SSSR count). The molecule has 0 saturated carbocycles. The molecule has 3 N–H and O–H groups in total. The highest BCUT2D eigenvalue weighted by Gasteiger charge is 2.19. The zero-order valence-electron chi connectivity index (χ0n) is 13.3. The van der Waals surface area contributed by atoms with E-state index in [0.29, 0.717) is 12.1 Å². The summed E-state index contributed by atoms with van der Waals surface area (Å²) in [5, 5.41) is 0.930. The van der Waals surface area contributed by atoms with Gasteiger partial charge in [-0.05, 0) is 55.6 Å². The van der Waals surface area contributed by atoms with Gasteiger partial charge in [0.25, 0.3) is 0 Å². The van der Waals surface area contributed by atoms with Gasteiger partial charge in [-0.15, -0.1) is 0 Å². The normalized spacial score (nSPS) is 12.9. The van der Waals surface area contributed by atoms with E-state index in [4.69, 9.17) is 15.2 Å². The lowest BCUT2D eigenvalue weighted by Crippen LogP contribution is -1.99. The molecule has 1 aromatic heterocycles. The molecule has 0 amide bonds. The molecular formula is C19H19FN2O2. The van der Waals surface area contributed by atoms with Crippen molar-refractivity contribution >= 4 is 10.9 Å². The van der Waals surface area contributed by atoms with Gasteiger partial charge in [0, 0.05) is 16.6 Å². The summed E-state index contributed by atoms with van der Waals surface area (Å²) in [5.74, 6) is 1.23. The summed E-state index contributed by atoms with van der Waals surface area (Å²) in [6, 6.07) is 11.0. The fraction of sp³-hybridized carbons (Fsp3) is 0.263. The maximum absolute atomic E-state index is 14.2. The smallest absolute Gasteiger partial charge is 0.231 e. The molecule has 24 heavy (non-hydrogen) atoms. The molecule has 0 unspecified atom stereocenters. The number of unbranched alkanes of at least 4 members (excludes halogenated alkanes) is 1. The maximum Gasteiger partial charge on any atom is 0.231 e. The van der Waals surface area contributed by atoms with Crippen molar-refractivity contribution in [3.63, 3.8) is 0 Å². The zero-order valence-corrected chi connectivity index (χ0v) is 13.3. The van der Waals surface area contributed by atoms with Crippen LogP contribution in [0.3, 0.4) is 0 Å². The van der Waals surface area contributed by atoms with Gasteiger partial charge in [0.2, 0.25) is 6.79 Å². The van der Waals surface area contributed by atoms with Crippen LogP contribution in [0, 0.1) is 5.82 Å². The van der Waals surface area contributed by atoms with Crippen molar-refractivity contribution in [2.45, 2.75) is 19.3 Å². The minimum absolute atomic E-state index is 0.237. The van der Waals surface area contributed by atoms with Crippen molar-refractivity contribution in [1.82, 2.24) is 4.98 Å². The highest BCUT2D eigenvalue weighted by molar-refractivity contribution is 5.91. The number of nitrogens with one attached hydrogen (secondary N) is 1. The van der Waals surface area contributed by atoms with Crippen LogP contribution in [-0.4, -0.2) is 18.3 Å². The van der Waals surface area contributed by atoms with E-state index in [9.17, 15) is 4.39 Å². The molecule has 0 spiro atoms. The number of para-hydroxylation sites is 1. The monoisotopic (exact) mass is 326 g/mol. The van der Waals surface area contributed by atoms with Crippen LogP contribution in [0.4, 0.5) is 4.39 Å². The van der Waals surface area contributed by atoms with Crippen LogP contribution in [0.15, 0.2) is 36.4 Å². The number of aryl methyl sites for hydroxylation is 1. The number of H-pyrrole nitrogens is 1. The molecule has 0 aliphatic carbocycles. The Kier molecular flexibility index (Phi) is 3.86. The summed E-state index contributed by atoms with van der Waals surface area (Å²) in [6.07, 6.45) is 2.77. The quantitative estimate of drug-likeness (QED) is 0.697. The second-order valence-electron chi connectivity index (χ2n) is 5.95. The summed E-state index contributed by atoms with van der Waals surface area (Å²) >= 11 is 0. The van der Waals surface area contributed by atoms with Crippen LogP contribution in [-0.2, 0) is 6.42 Å². The second-order valence-corrected chi connectivity index (χ2v) is 5.95. The number of rotatable bonds is 5. The topological polar surface area (TPSA) is 60.3 Å². The number of benzene rings is 2. The van der Waals surface area contributed by atoms with Gasteiger partial charge in [-0.1, -0.05) is 12.1 Å². The van der Waals surface area contributed by atoms with Gasteiger partial charge >= 0.3 is 0 Å². The minimum atomic E-state index is -0.237. The number of hydrogen-bond acceptors (Lipinski definition) is 3. The number of nitrogens with two attached hydrogens (primary N) is 1. The number of fused-ring (bicyclic) bond motifs is 2. The Morgan fingerprint density at radius 3 is 2.83 bits per heavy atom. The van der Waals surface area contributed by atoms with Gasteiger partial charge in [0.1, 0.15) is 5.82 Å². The molecule has 2 aromatic carbocycles. The Hall–Kier alpha value is -2.53. The lowest BCUT2D eigenvalue weighted by Gasteiger charge is -2.06. The van der Waals surface area contributed by atoms with Gasteiger partial charge < -0.3 is 20.2 Å². The van der Waals surface area contributed by atoms with E-state index < -0.39 is 0 Å².